The Morgan fingerprint density at radius 1 is 1.12 bits per heavy atom. The van der Waals surface area contributed by atoms with Crippen LogP contribution in [0.2, 0.25) is 0 Å². The summed E-state index contributed by atoms with van der Waals surface area (Å²) in [5.74, 6) is 0.473. The third kappa shape index (κ3) is 3.65. The predicted octanol–water partition coefficient (Wildman–Crippen LogP) is 2.00. The molecule has 2 N–H and O–H groups in total. The number of rotatable bonds is 6. The molecular formula is C19H23N5O. The predicted molar refractivity (Wildman–Crippen MR) is 95.1 cm³/mol. The number of nitrogens with zero attached hydrogens (tertiary/aromatic N) is 4. The van der Waals surface area contributed by atoms with Gasteiger partial charge in [-0.25, -0.2) is 9.67 Å². The van der Waals surface area contributed by atoms with Gasteiger partial charge in [0, 0.05) is 37.7 Å². The average molecular weight is 337 g/mol. The molecule has 1 saturated carbocycles. The molecule has 6 nitrogen and oxygen atoms in total. The highest BCUT2D eigenvalue weighted by molar-refractivity contribution is 5.32. The zero-order valence-corrected chi connectivity index (χ0v) is 14.1. The third-order valence-electron chi connectivity index (χ3n) is 4.92. The maximum atomic E-state index is 10.4. The largest absolute Gasteiger partial charge is 0.391 e. The Morgan fingerprint density at radius 2 is 2.00 bits per heavy atom. The van der Waals surface area contributed by atoms with Gasteiger partial charge < -0.3 is 15.0 Å². The number of aliphatic hydroxyl groups excluding tert-OH is 1. The van der Waals surface area contributed by atoms with Crippen molar-refractivity contribution in [3.63, 3.8) is 0 Å². The van der Waals surface area contributed by atoms with Crippen LogP contribution in [0.4, 0.5) is 0 Å². The highest BCUT2D eigenvalue weighted by atomic mass is 16.3. The Bertz CT molecular complexity index is 783. The first-order valence-electron chi connectivity index (χ1n) is 8.75. The number of benzene rings is 1. The number of imidazole rings is 1. The number of nitrogens with one attached hydrogen (secondary N) is 1. The summed E-state index contributed by atoms with van der Waals surface area (Å²) < 4.78 is 4.03. The zero-order chi connectivity index (χ0) is 17.1. The molecule has 0 bridgehead atoms. The minimum absolute atomic E-state index is 0.118. The Morgan fingerprint density at radius 3 is 2.80 bits per heavy atom. The Kier molecular flexibility index (Phi) is 4.63. The Hall–Kier alpha value is -2.44. The number of hydrogen-bond acceptors (Lipinski definition) is 4. The molecule has 0 saturated heterocycles. The van der Waals surface area contributed by atoms with Crippen LogP contribution in [-0.4, -0.2) is 36.6 Å². The van der Waals surface area contributed by atoms with Gasteiger partial charge in [0.15, 0.2) is 0 Å². The van der Waals surface area contributed by atoms with Crippen molar-refractivity contribution < 1.29 is 5.11 Å². The average Bonchev–Trinajstić information content (AvgIpc) is 3.36. The fourth-order valence-corrected chi connectivity index (χ4v) is 3.68. The first-order valence-corrected chi connectivity index (χ1v) is 8.75. The van der Waals surface area contributed by atoms with Crippen molar-refractivity contribution in [3.8, 4) is 5.69 Å². The Labute approximate surface area is 147 Å². The lowest BCUT2D eigenvalue weighted by Crippen LogP contribution is -2.35. The number of aromatic nitrogens is 4. The quantitative estimate of drug-likeness (QED) is 0.722. The van der Waals surface area contributed by atoms with E-state index in [9.17, 15) is 5.11 Å². The molecule has 4 rings (SSSR count). The number of hydrogen-bond donors (Lipinski definition) is 2. The van der Waals surface area contributed by atoms with Gasteiger partial charge in [-0.05, 0) is 37.0 Å². The molecule has 2 aromatic heterocycles. The molecule has 130 valence electrons. The van der Waals surface area contributed by atoms with Gasteiger partial charge >= 0.3 is 0 Å². The van der Waals surface area contributed by atoms with Crippen LogP contribution in [0.1, 0.15) is 18.5 Å². The van der Waals surface area contributed by atoms with Crippen molar-refractivity contribution in [2.24, 2.45) is 5.92 Å². The van der Waals surface area contributed by atoms with E-state index in [2.05, 4.69) is 20.0 Å². The number of aliphatic hydroxyl groups is 1. The summed E-state index contributed by atoms with van der Waals surface area (Å²) in [7, 11) is 0. The first kappa shape index (κ1) is 16.1. The van der Waals surface area contributed by atoms with Crippen molar-refractivity contribution in [2.75, 3.05) is 0 Å². The Balaban J connectivity index is 1.37. The third-order valence-corrected chi connectivity index (χ3v) is 4.92. The van der Waals surface area contributed by atoms with Gasteiger partial charge in [0.05, 0.1) is 23.8 Å². The van der Waals surface area contributed by atoms with Gasteiger partial charge in [-0.1, -0.05) is 18.2 Å². The molecule has 6 heteroatoms. The van der Waals surface area contributed by atoms with E-state index in [0.717, 1.165) is 30.8 Å². The lowest BCUT2D eigenvalue weighted by atomic mass is 10.1. The molecule has 1 aliphatic carbocycles. The molecule has 3 aromatic rings. The van der Waals surface area contributed by atoms with Gasteiger partial charge in [0.25, 0.3) is 0 Å². The lowest BCUT2D eigenvalue weighted by Gasteiger charge is -2.17. The molecule has 25 heavy (non-hydrogen) atoms. The second-order valence-electron chi connectivity index (χ2n) is 6.72. The second-order valence-corrected chi connectivity index (χ2v) is 6.72. The van der Waals surface area contributed by atoms with Gasteiger partial charge in [0.1, 0.15) is 0 Å². The maximum absolute atomic E-state index is 10.4. The van der Waals surface area contributed by atoms with Gasteiger partial charge in [-0.2, -0.15) is 5.10 Å². The molecule has 0 spiro atoms. The summed E-state index contributed by atoms with van der Waals surface area (Å²) in [6.07, 6.45) is 8.92. The molecule has 1 fully saturated rings. The van der Waals surface area contributed by atoms with Crippen LogP contribution in [0.25, 0.3) is 5.69 Å². The van der Waals surface area contributed by atoms with Crippen LogP contribution in [0.3, 0.4) is 0 Å². The van der Waals surface area contributed by atoms with Crippen LogP contribution in [0.5, 0.6) is 0 Å². The van der Waals surface area contributed by atoms with Crippen LogP contribution in [-0.2, 0) is 13.1 Å². The molecule has 0 amide bonds. The van der Waals surface area contributed by atoms with Gasteiger partial charge in [0.2, 0.25) is 0 Å². The minimum atomic E-state index is -0.304. The van der Waals surface area contributed by atoms with Crippen LogP contribution in [0.15, 0.2) is 61.3 Å². The van der Waals surface area contributed by atoms with E-state index >= 15 is 0 Å². The van der Waals surface area contributed by atoms with Crippen LogP contribution in [0, 0.1) is 5.92 Å². The van der Waals surface area contributed by atoms with E-state index in [4.69, 9.17) is 0 Å². The second kappa shape index (κ2) is 7.21. The molecular weight excluding hydrogens is 314 g/mol. The van der Waals surface area contributed by atoms with Crippen molar-refractivity contribution in [1.29, 1.82) is 0 Å². The van der Waals surface area contributed by atoms with E-state index in [0.29, 0.717) is 12.5 Å². The monoisotopic (exact) mass is 337 g/mol. The summed E-state index contributed by atoms with van der Waals surface area (Å²) in [6, 6.07) is 12.2. The number of para-hydroxylation sites is 1. The van der Waals surface area contributed by atoms with E-state index in [1.54, 1.807) is 6.20 Å². The van der Waals surface area contributed by atoms with Gasteiger partial charge in [-0.15, -0.1) is 0 Å². The van der Waals surface area contributed by atoms with Crippen molar-refractivity contribution in [1.82, 2.24) is 24.6 Å². The topological polar surface area (TPSA) is 67.9 Å². The standard InChI is InChI=1S/C19H23N5O/c25-19-11-15(13-23-9-8-20-14-23)10-18(19)21-12-17-6-7-22-24(17)16-4-2-1-3-5-16/h1-9,14-15,18-19,21,25H,10-13H2/t15?,18-,19-/m1/s1. The van der Waals surface area contributed by atoms with Crippen LogP contribution >= 0.6 is 0 Å². The van der Waals surface area contributed by atoms with E-state index in [1.165, 1.54) is 0 Å². The summed E-state index contributed by atoms with van der Waals surface area (Å²) in [4.78, 5) is 4.09. The van der Waals surface area contributed by atoms with E-state index in [1.807, 2.05) is 59.8 Å². The van der Waals surface area contributed by atoms with Crippen molar-refractivity contribution in [2.45, 2.75) is 38.1 Å². The van der Waals surface area contributed by atoms with Crippen LogP contribution < -0.4 is 5.32 Å². The maximum Gasteiger partial charge on any atom is 0.0945 e. The fraction of sp³-hybridized carbons (Fsp3) is 0.368. The first-order chi connectivity index (χ1) is 12.3. The smallest absolute Gasteiger partial charge is 0.0945 e. The summed E-state index contributed by atoms with van der Waals surface area (Å²) in [5, 5.41) is 18.3. The molecule has 1 aliphatic rings. The van der Waals surface area contributed by atoms with E-state index in [-0.39, 0.29) is 12.1 Å². The summed E-state index contributed by atoms with van der Waals surface area (Å²) in [5.41, 5.74) is 2.14. The normalized spacial score (nSPS) is 23.2. The van der Waals surface area contributed by atoms with Crippen molar-refractivity contribution in [3.05, 3.63) is 67.0 Å². The highest BCUT2D eigenvalue weighted by Crippen LogP contribution is 2.28. The molecule has 0 radical (unpaired) electrons. The summed E-state index contributed by atoms with van der Waals surface area (Å²) >= 11 is 0. The van der Waals surface area contributed by atoms with Crippen molar-refractivity contribution >= 4 is 0 Å². The highest BCUT2D eigenvalue weighted by Gasteiger charge is 2.32. The van der Waals surface area contributed by atoms with E-state index < -0.39 is 0 Å². The van der Waals surface area contributed by atoms with Gasteiger partial charge in [-0.3, -0.25) is 0 Å². The lowest BCUT2D eigenvalue weighted by molar-refractivity contribution is 0.145. The molecule has 2 heterocycles. The molecule has 0 aliphatic heterocycles. The fourth-order valence-electron chi connectivity index (χ4n) is 3.68. The zero-order valence-electron chi connectivity index (χ0n) is 14.1. The SMILES string of the molecule is O[C@@H]1CC(Cn2ccnc2)C[C@H]1NCc1ccnn1-c1ccccc1. The summed E-state index contributed by atoms with van der Waals surface area (Å²) in [6.45, 7) is 1.60. The molecule has 1 unspecified atom stereocenters. The molecule has 1 aromatic carbocycles. The minimum Gasteiger partial charge on any atom is -0.391 e. The molecule has 3 atom stereocenters.